The average Bonchev–Trinajstić information content (AvgIpc) is 3.55. The molecule has 0 bridgehead atoms. The van der Waals surface area contributed by atoms with Gasteiger partial charge in [-0.1, -0.05) is 13.8 Å². The van der Waals surface area contributed by atoms with Gasteiger partial charge in [-0.2, -0.15) is 0 Å². The number of amides is 2. The van der Waals surface area contributed by atoms with Gasteiger partial charge in [0.2, 0.25) is 17.4 Å². The molecule has 1 atom stereocenters. The van der Waals surface area contributed by atoms with Crippen molar-refractivity contribution >= 4 is 29.6 Å². The summed E-state index contributed by atoms with van der Waals surface area (Å²) >= 11 is 0. The van der Waals surface area contributed by atoms with Gasteiger partial charge in [0.15, 0.2) is 17.4 Å². The lowest BCUT2D eigenvalue weighted by atomic mass is 9.76. The van der Waals surface area contributed by atoms with Crippen LogP contribution < -0.4 is 24.4 Å². The lowest BCUT2D eigenvalue weighted by Crippen LogP contribution is -2.62. The predicted molar refractivity (Wildman–Crippen MR) is 203 cm³/mol. The number of esters is 2. The number of carbonyl (C=O) groups excluding carboxylic acids is 4. The van der Waals surface area contributed by atoms with E-state index < -0.39 is 35.2 Å². The summed E-state index contributed by atoms with van der Waals surface area (Å²) in [5, 5.41) is 11.7. The highest BCUT2D eigenvalue weighted by atomic mass is 19.1. The molecule has 300 valence electrons. The Labute approximate surface area is 322 Å². The molecular weight excluding hydrogens is 711 g/mol. The quantitative estimate of drug-likeness (QED) is 0.147. The first-order valence-corrected chi connectivity index (χ1v) is 19.2. The van der Waals surface area contributed by atoms with E-state index in [0.717, 1.165) is 70.1 Å². The van der Waals surface area contributed by atoms with Gasteiger partial charge in [0.25, 0.3) is 11.8 Å². The van der Waals surface area contributed by atoms with Crippen molar-refractivity contribution in [3.05, 3.63) is 35.9 Å². The van der Waals surface area contributed by atoms with Crippen LogP contribution in [0.2, 0.25) is 0 Å². The van der Waals surface area contributed by atoms with Crippen molar-refractivity contribution in [3.8, 4) is 23.1 Å². The maximum atomic E-state index is 15.7. The van der Waals surface area contributed by atoms with Gasteiger partial charge >= 0.3 is 11.9 Å². The van der Waals surface area contributed by atoms with Crippen LogP contribution >= 0.6 is 0 Å². The number of likely N-dealkylation sites (tertiary alicyclic amines) is 1. The third kappa shape index (κ3) is 9.76. The minimum absolute atomic E-state index is 0.0318. The summed E-state index contributed by atoms with van der Waals surface area (Å²) in [5.41, 5.74) is -0.227. The van der Waals surface area contributed by atoms with Gasteiger partial charge < -0.3 is 34.2 Å². The number of carbonyl (C=O) groups is 4. The van der Waals surface area contributed by atoms with Gasteiger partial charge in [-0.15, -0.1) is 10.2 Å². The van der Waals surface area contributed by atoms with Crippen LogP contribution in [0.4, 0.5) is 10.2 Å². The number of hydrogen-bond donors (Lipinski definition) is 1. The molecule has 0 radical (unpaired) electrons. The molecule has 1 aromatic carbocycles. The second-order valence-electron chi connectivity index (χ2n) is 15.8. The number of ether oxygens (including phenoxy) is 3. The van der Waals surface area contributed by atoms with E-state index in [2.05, 4.69) is 44.1 Å². The fourth-order valence-corrected chi connectivity index (χ4v) is 7.80. The van der Waals surface area contributed by atoms with Gasteiger partial charge in [-0.05, 0) is 78.5 Å². The minimum atomic E-state index is -1.09. The van der Waals surface area contributed by atoms with Gasteiger partial charge in [-0.3, -0.25) is 14.5 Å². The first kappa shape index (κ1) is 41.5. The van der Waals surface area contributed by atoms with Crippen LogP contribution in [0.5, 0.6) is 23.1 Å². The molecule has 2 aromatic rings. The molecule has 1 unspecified atom stereocenters. The molecule has 4 heterocycles. The molecule has 3 aliphatic rings. The molecule has 0 saturated carbocycles. The molecule has 1 spiro atoms. The van der Waals surface area contributed by atoms with Crippen LogP contribution in [0, 0.1) is 17.2 Å². The summed E-state index contributed by atoms with van der Waals surface area (Å²) in [5.74, 6) is -4.40. The van der Waals surface area contributed by atoms with E-state index >= 15 is 4.39 Å². The Balaban J connectivity index is 1.32. The first-order valence-electron chi connectivity index (χ1n) is 19.2. The molecule has 55 heavy (non-hydrogen) atoms. The Morgan fingerprint density at radius 3 is 2.27 bits per heavy atom. The van der Waals surface area contributed by atoms with Crippen LogP contribution in [0.1, 0.15) is 84.0 Å². The van der Waals surface area contributed by atoms with E-state index in [1.165, 1.54) is 11.2 Å². The smallest absolute Gasteiger partial charge is 0.336 e. The standard InChI is InChI=1S/C39H55FN8O7/c1-24(2)29(11-9-16-41-17-10-12-30(49)45(7)8)47-21-39(22-47)15-18-46(20-39)36-37(44-43-23-42-36)55-33-27(38(52)48(25(3)4)26(5)6)19-28(40)34-35(33)54-32(51)14-13-31(50)53-34/h13-14,19,23-26,29,41H,9-12,15-18,20-22H2,1-8H3/b14-13+. The molecule has 3 aliphatic heterocycles. The number of nitrogens with one attached hydrogen (secondary N) is 1. The number of rotatable bonds is 16. The number of fused-ring (bicyclic) bond motifs is 1. The number of nitrogens with zero attached hydrogens (tertiary/aromatic N) is 7. The van der Waals surface area contributed by atoms with Gasteiger partial charge in [-0.25, -0.2) is 19.0 Å². The van der Waals surface area contributed by atoms with Gasteiger partial charge in [0.1, 0.15) is 6.33 Å². The summed E-state index contributed by atoms with van der Waals surface area (Å²) in [7, 11) is 3.56. The fourth-order valence-electron chi connectivity index (χ4n) is 7.80. The average molecular weight is 767 g/mol. The van der Waals surface area contributed by atoms with Gasteiger partial charge in [0, 0.05) is 82.4 Å². The summed E-state index contributed by atoms with van der Waals surface area (Å²) in [4.78, 5) is 63.3. The third-order valence-corrected chi connectivity index (χ3v) is 10.4. The number of halogens is 1. The maximum Gasteiger partial charge on any atom is 0.336 e. The van der Waals surface area contributed by atoms with Crippen LogP contribution in [-0.2, 0) is 14.4 Å². The topological polar surface area (TPSA) is 160 Å². The highest BCUT2D eigenvalue weighted by Gasteiger charge is 2.50. The predicted octanol–water partition coefficient (Wildman–Crippen LogP) is 4.22. The summed E-state index contributed by atoms with van der Waals surface area (Å²) in [6, 6.07) is 0.781. The van der Waals surface area contributed by atoms with Crippen molar-refractivity contribution < 1.29 is 37.8 Å². The van der Waals surface area contributed by atoms with Crippen molar-refractivity contribution in [2.45, 2.75) is 91.8 Å². The lowest BCUT2D eigenvalue weighted by Gasteiger charge is -2.53. The van der Waals surface area contributed by atoms with Crippen LogP contribution in [-0.4, -0.2) is 125 Å². The Hall–Kier alpha value is -4.70. The highest BCUT2D eigenvalue weighted by molar-refractivity contribution is 6.01. The Morgan fingerprint density at radius 2 is 1.64 bits per heavy atom. The SMILES string of the molecule is CC(C)C(CCCNCCCC(=O)N(C)C)N1CC2(CCN(c3ncnnc3Oc3c(C(=O)N(C(C)C)C(C)C)cc(F)c4c3OC(=O)/C=C/C(=O)O4)C2)C1. The van der Waals surface area contributed by atoms with E-state index in [0.29, 0.717) is 37.3 Å². The Morgan fingerprint density at radius 1 is 0.982 bits per heavy atom. The van der Waals surface area contributed by atoms with Crippen molar-refractivity contribution in [1.82, 2.24) is 35.2 Å². The Kier molecular flexibility index (Phi) is 13.4. The zero-order valence-corrected chi connectivity index (χ0v) is 33.3. The molecule has 2 amide bonds. The molecule has 2 saturated heterocycles. The summed E-state index contributed by atoms with van der Waals surface area (Å²) < 4.78 is 32.7. The van der Waals surface area contributed by atoms with E-state index in [1.54, 1.807) is 19.0 Å². The lowest BCUT2D eigenvalue weighted by molar-refractivity contribution is -0.133. The van der Waals surface area contributed by atoms with Crippen molar-refractivity contribution in [1.29, 1.82) is 0 Å². The first-order chi connectivity index (χ1) is 26.1. The second-order valence-corrected chi connectivity index (χ2v) is 15.8. The van der Waals surface area contributed by atoms with Crippen LogP contribution in [0.25, 0.3) is 0 Å². The van der Waals surface area contributed by atoms with Gasteiger partial charge in [0.05, 0.1) is 5.56 Å². The van der Waals surface area contributed by atoms with Crippen molar-refractivity contribution in [3.63, 3.8) is 0 Å². The molecule has 0 aliphatic carbocycles. The van der Waals surface area contributed by atoms with Crippen molar-refractivity contribution in [2.75, 3.05) is 58.3 Å². The molecule has 15 nitrogen and oxygen atoms in total. The zero-order chi connectivity index (χ0) is 40.0. The second kappa shape index (κ2) is 17.8. The summed E-state index contributed by atoms with van der Waals surface area (Å²) in [6.45, 7) is 16.8. The van der Waals surface area contributed by atoms with E-state index in [-0.39, 0.29) is 40.6 Å². The molecule has 1 N–H and O–H groups in total. The minimum Gasteiger partial charge on any atom is -0.430 e. The number of hydrogen-bond acceptors (Lipinski definition) is 13. The van der Waals surface area contributed by atoms with Crippen molar-refractivity contribution in [2.24, 2.45) is 11.3 Å². The number of benzene rings is 1. The molecule has 5 rings (SSSR count). The third-order valence-electron chi connectivity index (χ3n) is 10.4. The maximum absolute atomic E-state index is 15.7. The van der Waals surface area contributed by atoms with E-state index in [1.807, 2.05) is 27.7 Å². The van der Waals surface area contributed by atoms with E-state index in [9.17, 15) is 19.2 Å². The van der Waals surface area contributed by atoms with E-state index in [4.69, 9.17) is 14.2 Å². The number of anilines is 1. The van der Waals surface area contributed by atoms with Crippen LogP contribution in [0.3, 0.4) is 0 Å². The molecular formula is C39H55FN8O7. The number of aromatic nitrogens is 3. The fraction of sp³-hybridized carbons (Fsp3) is 0.615. The zero-order valence-electron chi connectivity index (χ0n) is 33.3. The molecule has 1 aromatic heterocycles. The molecule has 2 fully saturated rings. The monoisotopic (exact) mass is 766 g/mol. The Bertz CT molecular complexity index is 1750. The molecule has 16 heteroatoms. The largest absolute Gasteiger partial charge is 0.430 e. The summed E-state index contributed by atoms with van der Waals surface area (Å²) in [6.07, 6.45) is 7.37. The highest BCUT2D eigenvalue weighted by Crippen LogP contribution is 2.48. The van der Waals surface area contributed by atoms with Crippen LogP contribution in [0.15, 0.2) is 24.5 Å². The normalized spacial score (nSPS) is 17.7.